The largest absolute Gasteiger partial charge is 0.314 e. The van der Waals surface area contributed by atoms with Crippen LogP contribution in [0.25, 0.3) is 0 Å². The quantitative estimate of drug-likeness (QED) is 0.763. The first kappa shape index (κ1) is 15.3. The Morgan fingerprint density at radius 1 is 0.947 bits per heavy atom. The molecule has 3 heteroatoms. The van der Waals surface area contributed by atoms with Crippen LogP contribution in [0.2, 0.25) is 0 Å². The molecule has 0 spiro atoms. The molecule has 2 atom stereocenters. The molecule has 2 unspecified atom stereocenters. The minimum atomic E-state index is 0.800. The third kappa shape index (κ3) is 4.73. The summed E-state index contributed by atoms with van der Waals surface area (Å²) in [5.74, 6) is 0.907. The van der Waals surface area contributed by atoms with Gasteiger partial charge in [0.15, 0.2) is 0 Å². The molecule has 2 aliphatic rings. The van der Waals surface area contributed by atoms with Crippen molar-refractivity contribution < 1.29 is 0 Å². The van der Waals surface area contributed by atoms with Crippen molar-refractivity contribution in [2.75, 3.05) is 45.8 Å². The summed E-state index contributed by atoms with van der Waals surface area (Å²) in [6, 6.07) is 0.800. The third-order valence-electron chi connectivity index (χ3n) is 4.81. The van der Waals surface area contributed by atoms with Crippen LogP contribution >= 0.6 is 0 Å². The Morgan fingerprint density at radius 2 is 1.68 bits per heavy atom. The molecule has 0 radical (unpaired) electrons. The van der Waals surface area contributed by atoms with Gasteiger partial charge in [-0.25, -0.2) is 0 Å². The highest BCUT2D eigenvalue weighted by Crippen LogP contribution is 2.26. The predicted octanol–water partition coefficient (Wildman–Crippen LogP) is 2.18. The standard InChI is InChI=1S/C16H33N3/c1-3-8-17-16-7-5-6-15(16)14-19-12-10-18(9-4-2)11-13-19/h15-17H,3-14H2,1-2H3. The van der Waals surface area contributed by atoms with Crippen molar-refractivity contribution in [2.45, 2.75) is 52.0 Å². The summed E-state index contributed by atoms with van der Waals surface area (Å²) in [7, 11) is 0. The Balaban J connectivity index is 1.69. The van der Waals surface area contributed by atoms with Crippen molar-refractivity contribution in [3.05, 3.63) is 0 Å². The van der Waals surface area contributed by atoms with Crippen molar-refractivity contribution >= 4 is 0 Å². The maximum absolute atomic E-state index is 3.76. The number of nitrogens with zero attached hydrogens (tertiary/aromatic N) is 2. The predicted molar refractivity (Wildman–Crippen MR) is 82.6 cm³/mol. The van der Waals surface area contributed by atoms with E-state index in [1.807, 2.05) is 0 Å². The lowest BCUT2D eigenvalue weighted by Gasteiger charge is -2.36. The van der Waals surface area contributed by atoms with Gasteiger partial charge in [0.2, 0.25) is 0 Å². The zero-order valence-electron chi connectivity index (χ0n) is 13.0. The molecule has 1 aliphatic heterocycles. The fourth-order valence-electron chi connectivity index (χ4n) is 3.70. The molecule has 1 saturated heterocycles. The smallest absolute Gasteiger partial charge is 0.0110 e. The van der Waals surface area contributed by atoms with E-state index in [1.54, 1.807) is 0 Å². The molecule has 0 aromatic rings. The first-order valence-electron chi connectivity index (χ1n) is 8.51. The van der Waals surface area contributed by atoms with Gasteiger partial charge in [-0.05, 0) is 44.7 Å². The van der Waals surface area contributed by atoms with E-state index in [2.05, 4.69) is 29.0 Å². The molecule has 0 aromatic carbocycles. The highest BCUT2D eigenvalue weighted by molar-refractivity contribution is 4.86. The first-order valence-corrected chi connectivity index (χ1v) is 8.51. The molecule has 19 heavy (non-hydrogen) atoms. The van der Waals surface area contributed by atoms with Crippen LogP contribution in [0.5, 0.6) is 0 Å². The van der Waals surface area contributed by atoms with Crippen LogP contribution in [0, 0.1) is 5.92 Å². The summed E-state index contributed by atoms with van der Waals surface area (Å²) in [6.07, 6.45) is 6.84. The molecular weight excluding hydrogens is 234 g/mol. The lowest BCUT2D eigenvalue weighted by molar-refractivity contribution is 0.113. The average Bonchev–Trinajstić information content (AvgIpc) is 2.86. The molecule has 0 aromatic heterocycles. The fourth-order valence-corrected chi connectivity index (χ4v) is 3.70. The fraction of sp³-hybridized carbons (Fsp3) is 1.00. The first-order chi connectivity index (χ1) is 9.33. The van der Waals surface area contributed by atoms with Gasteiger partial charge in [-0.2, -0.15) is 0 Å². The van der Waals surface area contributed by atoms with E-state index in [1.165, 1.54) is 77.9 Å². The average molecular weight is 267 g/mol. The van der Waals surface area contributed by atoms with E-state index in [0.717, 1.165) is 12.0 Å². The van der Waals surface area contributed by atoms with E-state index in [-0.39, 0.29) is 0 Å². The highest BCUT2D eigenvalue weighted by atomic mass is 15.3. The molecule has 2 rings (SSSR count). The molecular formula is C16H33N3. The maximum atomic E-state index is 3.76. The highest BCUT2D eigenvalue weighted by Gasteiger charge is 2.29. The zero-order valence-corrected chi connectivity index (χ0v) is 13.0. The van der Waals surface area contributed by atoms with E-state index in [0.29, 0.717) is 0 Å². The van der Waals surface area contributed by atoms with E-state index in [9.17, 15) is 0 Å². The minimum absolute atomic E-state index is 0.800. The second-order valence-corrected chi connectivity index (χ2v) is 6.39. The lowest BCUT2D eigenvalue weighted by Crippen LogP contribution is -2.49. The van der Waals surface area contributed by atoms with Gasteiger partial charge in [-0.3, -0.25) is 0 Å². The molecule has 1 heterocycles. The van der Waals surface area contributed by atoms with Gasteiger partial charge in [0.25, 0.3) is 0 Å². The summed E-state index contributed by atoms with van der Waals surface area (Å²) < 4.78 is 0. The minimum Gasteiger partial charge on any atom is -0.314 e. The second-order valence-electron chi connectivity index (χ2n) is 6.39. The van der Waals surface area contributed by atoms with E-state index >= 15 is 0 Å². The molecule has 1 saturated carbocycles. The molecule has 0 amide bonds. The second kappa shape index (κ2) is 8.23. The summed E-state index contributed by atoms with van der Waals surface area (Å²) in [4.78, 5) is 5.33. The van der Waals surface area contributed by atoms with Crippen molar-refractivity contribution in [3.63, 3.8) is 0 Å². The van der Waals surface area contributed by atoms with E-state index in [4.69, 9.17) is 0 Å². The SMILES string of the molecule is CCCNC1CCCC1CN1CCN(CCC)CC1. The number of rotatable bonds is 7. The monoisotopic (exact) mass is 267 g/mol. The van der Waals surface area contributed by atoms with Gasteiger partial charge in [-0.1, -0.05) is 20.3 Å². The molecule has 1 aliphatic carbocycles. The van der Waals surface area contributed by atoms with Crippen LogP contribution in [-0.2, 0) is 0 Å². The van der Waals surface area contributed by atoms with Gasteiger partial charge in [0, 0.05) is 38.8 Å². The summed E-state index contributed by atoms with van der Waals surface area (Å²) in [5.41, 5.74) is 0. The molecule has 0 bridgehead atoms. The van der Waals surface area contributed by atoms with Crippen molar-refractivity contribution in [1.82, 2.24) is 15.1 Å². The summed E-state index contributed by atoms with van der Waals surface area (Å²) in [6.45, 7) is 13.5. The van der Waals surface area contributed by atoms with E-state index < -0.39 is 0 Å². The molecule has 3 nitrogen and oxygen atoms in total. The van der Waals surface area contributed by atoms with Crippen molar-refractivity contribution in [2.24, 2.45) is 5.92 Å². The molecule has 112 valence electrons. The van der Waals surface area contributed by atoms with Gasteiger partial charge < -0.3 is 15.1 Å². The van der Waals surface area contributed by atoms with Crippen LogP contribution in [-0.4, -0.2) is 61.7 Å². The Kier molecular flexibility index (Phi) is 6.62. The number of nitrogens with one attached hydrogen (secondary N) is 1. The van der Waals surface area contributed by atoms with Crippen molar-refractivity contribution in [3.8, 4) is 0 Å². The Bertz CT molecular complexity index is 236. The number of hydrogen-bond acceptors (Lipinski definition) is 3. The zero-order chi connectivity index (χ0) is 13.5. The lowest BCUT2D eigenvalue weighted by atomic mass is 10.0. The van der Waals surface area contributed by atoms with Crippen LogP contribution in [0.1, 0.15) is 46.0 Å². The number of piperazine rings is 1. The van der Waals surface area contributed by atoms with Crippen LogP contribution in [0.4, 0.5) is 0 Å². The Labute approximate surface area is 119 Å². The summed E-state index contributed by atoms with van der Waals surface area (Å²) in [5, 5.41) is 3.76. The Hall–Kier alpha value is -0.120. The van der Waals surface area contributed by atoms with Gasteiger partial charge in [0.05, 0.1) is 0 Å². The molecule has 1 N–H and O–H groups in total. The topological polar surface area (TPSA) is 18.5 Å². The third-order valence-corrected chi connectivity index (χ3v) is 4.81. The summed E-state index contributed by atoms with van der Waals surface area (Å²) >= 11 is 0. The Morgan fingerprint density at radius 3 is 2.37 bits per heavy atom. The van der Waals surface area contributed by atoms with Crippen molar-refractivity contribution in [1.29, 1.82) is 0 Å². The van der Waals surface area contributed by atoms with Gasteiger partial charge >= 0.3 is 0 Å². The normalized spacial score (nSPS) is 30.0. The van der Waals surface area contributed by atoms with Crippen LogP contribution in [0.15, 0.2) is 0 Å². The van der Waals surface area contributed by atoms with Crippen LogP contribution < -0.4 is 5.32 Å². The van der Waals surface area contributed by atoms with Crippen LogP contribution in [0.3, 0.4) is 0 Å². The van der Waals surface area contributed by atoms with Gasteiger partial charge in [-0.15, -0.1) is 0 Å². The van der Waals surface area contributed by atoms with Gasteiger partial charge in [0.1, 0.15) is 0 Å². The molecule has 2 fully saturated rings. The maximum Gasteiger partial charge on any atom is 0.0110 e. The number of hydrogen-bond donors (Lipinski definition) is 1.